The highest BCUT2D eigenvalue weighted by molar-refractivity contribution is 14.1. The van der Waals surface area contributed by atoms with Crippen molar-refractivity contribution >= 4 is 22.6 Å². The van der Waals surface area contributed by atoms with Gasteiger partial charge in [0.2, 0.25) is 0 Å². The van der Waals surface area contributed by atoms with Crippen molar-refractivity contribution in [3.63, 3.8) is 0 Å². The van der Waals surface area contributed by atoms with Crippen LogP contribution in [0.5, 0.6) is 0 Å². The summed E-state index contributed by atoms with van der Waals surface area (Å²) in [5.74, 6) is 0.604. The molecule has 1 aromatic carbocycles. The largest absolute Gasteiger partial charge is 0.372 e. The van der Waals surface area contributed by atoms with Crippen LogP contribution in [-0.4, -0.2) is 0 Å². The summed E-state index contributed by atoms with van der Waals surface area (Å²) in [6.07, 6.45) is 0. The van der Waals surface area contributed by atoms with E-state index in [0.717, 1.165) is 13.2 Å². The lowest BCUT2D eigenvalue weighted by Gasteiger charge is -2.11. The summed E-state index contributed by atoms with van der Waals surface area (Å²) in [7, 11) is 0. The number of hydrogen-bond donors (Lipinski definition) is 0. The molecule has 1 aliphatic rings. The van der Waals surface area contributed by atoms with Crippen LogP contribution in [0.4, 0.5) is 0 Å². The summed E-state index contributed by atoms with van der Waals surface area (Å²) in [4.78, 5) is 0. The van der Waals surface area contributed by atoms with Crippen molar-refractivity contribution in [2.75, 3.05) is 0 Å². The number of fused-ring (bicyclic) bond motifs is 1. The Bertz CT molecular complexity index is 331. The average molecular weight is 288 g/mol. The SMILES string of the molecule is CC(C)c1ccc(I)c2c1COC2. The monoisotopic (exact) mass is 288 g/mol. The van der Waals surface area contributed by atoms with Crippen molar-refractivity contribution in [3.8, 4) is 0 Å². The third-order valence-corrected chi connectivity index (χ3v) is 3.54. The number of halogens is 1. The Morgan fingerprint density at radius 1 is 1.23 bits per heavy atom. The molecule has 13 heavy (non-hydrogen) atoms. The molecular weight excluding hydrogens is 275 g/mol. The number of rotatable bonds is 1. The molecule has 0 amide bonds. The van der Waals surface area contributed by atoms with Gasteiger partial charge in [-0.25, -0.2) is 0 Å². The zero-order chi connectivity index (χ0) is 9.42. The van der Waals surface area contributed by atoms with Crippen molar-refractivity contribution in [1.82, 2.24) is 0 Å². The fourth-order valence-electron chi connectivity index (χ4n) is 1.81. The molecule has 0 spiro atoms. The minimum absolute atomic E-state index is 0.604. The van der Waals surface area contributed by atoms with Gasteiger partial charge in [-0.1, -0.05) is 19.9 Å². The van der Waals surface area contributed by atoms with Crippen molar-refractivity contribution < 1.29 is 4.74 Å². The molecule has 0 aliphatic carbocycles. The van der Waals surface area contributed by atoms with Gasteiger partial charge >= 0.3 is 0 Å². The Labute approximate surface area is 92.6 Å². The van der Waals surface area contributed by atoms with Gasteiger partial charge in [-0.15, -0.1) is 0 Å². The highest BCUT2D eigenvalue weighted by atomic mass is 127. The van der Waals surface area contributed by atoms with Crippen LogP contribution in [-0.2, 0) is 18.0 Å². The Morgan fingerprint density at radius 2 is 1.92 bits per heavy atom. The third-order valence-electron chi connectivity index (χ3n) is 2.53. The van der Waals surface area contributed by atoms with Crippen LogP contribution >= 0.6 is 22.6 Å². The van der Waals surface area contributed by atoms with Crippen molar-refractivity contribution in [2.24, 2.45) is 0 Å². The molecule has 2 rings (SSSR count). The third kappa shape index (κ3) is 1.62. The van der Waals surface area contributed by atoms with Crippen LogP contribution in [0.1, 0.15) is 36.5 Å². The molecule has 1 aromatic rings. The second-order valence-corrected chi connectivity index (χ2v) is 4.90. The summed E-state index contributed by atoms with van der Waals surface area (Å²) in [6.45, 7) is 6.08. The maximum atomic E-state index is 5.48. The molecule has 70 valence electrons. The van der Waals surface area contributed by atoms with Gasteiger partial charge < -0.3 is 4.74 Å². The predicted octanol–water partition coefficient (Wildman–Crippen LogP) is 3.44. The molecule has 1 aliphatic heterocycles. The first kappa shape index (κ1) is 9.46. The lowest BCUT2D eigenvalue weighted by atomic mass is 9.95. The standard InChI is InChI=1S/C11H13IO/c1-7(2)8-3-4-11(12)10-6-13-5-9(8)10/h3-4,7H,5-6H2,1-2H3. The van der Waals surface area contributed by atoms with E-state index in [4.69, 9.17) is 4.74 Å². The average Bonchev–Trinajstić information content (AvgIpc) is 2.53. The summed E-state index contributed by atoms with van der Waals surface area (Å²) >= 11 is 2.39. The predicted molar refractivity (Wildman–Crippen MR) is 61.7 cm³/mol. The topological polar surface area (TPSA) is 9.23 Å². The van der Waals surface area contributed by atoms with Gasteiger partial charge in [-0.2, -0.15) is 0 Å². The van der Waals surface area contributed by atoms with Gasteiger partial charge in [0.1, 0.15) is 0 Å². The molecule has 0 saturated carbocycles. The van der Waals surface area contributed by atoms with E-state index in [1.165, 1.54) is 20.3 Å². The molecule has 0 unspecified atom stereocenters. The Kier molecular flexibility index (Phi) is 2.60. The van der Waals surface area contributed by atoms with E-state index >= 15 is 0 Å². The quantitative estimate of drug-likeness (QED) is 0.719. The van der Waals surface area contributed by atoms with Crippen LogP contribution in [0.25, 0.3) is 0 Å². The van der Waals surface area contributed by atoms with Gasteiger partial charge in [0.15, 0.2) is 0 Å². The van der Waals surface area contributed by atoms with Gasteiger partial charge in [-0.3, -0.25) is 0 Å². The van der Waals surface area contributed by atoms with E-state index in [0.29, 0.717) is 5.92 Å². The molecule has 1 nitrogen and oxygen atoms in total. The molecule has 2 heteroatoms. The highest BCUT2D eigenvalue weighted by Crippen LogP contribution is 2.31. The second-order valence-electron chi connectivity index (χ2n) is 3.74. The molecule has 0 N–H and O–H groups in total. The van der Waals surface area contributed by atoms with E-state index in [9.17, 15) is 0 Å². The lowest BCUT2D eigenvalue weighted by Crippen LogP contribution is -1.97. The number of benzene rings is 1. The summed E-state index contributed by atoms with van der Waals surface area (Å²) in [5, 5.41) is 0. The first-order valence-electron chi connectivity index (χ1n) is 4.58. The van der Waals surface area contributed by atoms with E-state index < -0.39 is 0 Å². The van der Waals surface area contributed by atoms with Crippen LogP contribution in [0.15, 0.2) is 12.1 Å². The van der Waals surface area contributed by atoms with Crippen molar-refractivity contribution in [3.05, 3.63) is 32.4 Å². The maximum Gasteiger partial charge on any atom is 0.0735 e. The molecule has 0 aromatic heterocycles. The normalized spacial score (nSPS) is 15.1. The number of ether oxygens (including phenoxy) is 1. The van der Waals surface area contributed by atoms with Gasteiger partial charge in [0, 0.05) is 3.57 Å². The van der Waals surface area contributed by atoms with E-state index in [-0.39, 0.29) is 0 Å². The molecule has 0 bridgehead atoms. The van der Waals surface area contributed by atoms with E-state index in [1.807, 2.05) is 0 Å². The van der Waals surface area contributed by atoms with Gasteiger partial charge in [0.25, 0.3) is 0 Å². The summed E-state index contributed by atoms with van der Waals surface area (Å²) < 4.78 is 6.82. The highest BCUT2D eigenvalue weighted by Gasteiger charge is 2.18. The van der Waals surface area contributed by atoms with Crippen LogP contribution in [0, 0.1) is 3.57 Å². The zero-order valence-corrected chi connectivity index (χ0v) is 10.1. The van der Waals surface area contributed by atoms with E-state index in [1.54, 1.807) is 0 Å². The lowest BCUT2D eigenvalue weighted by molar-refractivity contribution is 0.134. The first-order valence-corrected chi connectivity index (χ1v) is 5.66. The summed E-state index contributed by atoms with van der Waals surface area (Å²) in [5.41, 5.74) is 4.29. The van der Waals surface area contributed by atoms with Crippen LogP contribution in [0.3, 0.4) is 0 Å². The second kappa shape index (κ2) is 3.58. The smallest absolute Gasteiger partial charge is 0.0735 e. The van der Waals surface area contributed by atoms with Crippen LogP contribution < -0.4 is 0 Å². The maximum absolute atomic E-state index is 5.48. The summed E-state index contributed by atoms with van der Waals surface area (Å²) in [6, 6.07) is 4.43. The zero-order valence-electron chi connectivity index (χ0n) is 7.93. The number of hydrogen-bond acceptors (Lipinski definition) is 1. The molecule has 1 heterocycles. The fraction of sp³-hybridized carbons (Fsp3) is 0.455. The molecule has 0 atom stereocenters. The van der Waals surface area contributed by atoms with E-state index in [2.05, 4.69) is 48.6 Å². The van der Waals surface area contributed by atoms with Crippen LogP contribution in [0.2, 0.25) is 0 Å². The molecule has 0 radical (unpaired) electrons. The minimum Gasteiger partial charge on any atom is -0.372 e. The molecular formula is C11H13IO. The Hall–Kier alpha value is -0.0900. The first-order chi connectivity index (χ1) is 6.20. The van der Waals surface area contributed by atoms with Gasteiger partial charge in [0.05, 0.1) is 13.2 Å². The molecule has 0 fully saturated rings. The van der Waals surface area contributed by atoms with Gasteiger partial charge in [-0.05, 0) is 51.3 Å². The van der Waals surface area contributed by atoms with Crippen molar-refractivity contribution in [1.29, 1.82) is 0 Å². The fourth-order valence-corrected chi connectivity index (χ4v) is 2.47. The Balaban J connectivity index is 2.56. The minimum atomic E-state index is 0.604. The van der Waals surface area contributed by atoms with Crippen molar-refractivity contribution in [2.45, 2.75) is 33.0 Å². The molecule has 0 saturated heterocycles. The Morgan fingerprint density at radius 3 is 2.62 bits per heavy atom.